The minimum Gasteiger partial charge on any atom is -0.462 e. The van der Waals surface area contributed by atoms with Gasteiger partial charge in [-0.1, -0.05) is 30.3 Å². The van der Waals surface area contributed by atoms with Crippen molar-refractivity contribution in [3.63, 3.8) is 0 Å². The van der Waals surface area contributed by atoms with Crippen LogP contribution in [0.1, 0.15) is 34.2 Å². The highest BCUT2D eigenvalue weighted by Crippen LogP contribution is 2.33. The van der Waals surface area contributed by atoms with Crippen LogP contribution in [0.25, 0.3) is 22.2 Å². The van der Waals surface area contributed by atoms with Gasteiger partial charge in [-0.25, -0.2) is 4.79 Å². The molecule has 4 nitrogen and oxygen atoms in total. The number of alkyl halides is 3. The number of aromatic nitrogens is 1. The van der Waals surface area contributed by atoms with Crippen LogP contribution in [0.4, 0.5) is 13.2 Å². The standard InChI is InChI=1S/C24H18F3NO3/c1-2-30-23(29)17-7-4-6-16(13-17)20-9-10-28-21-14-19(31-22(20)21)12-15-5-3-8-18(11-15)24(25,26)27/h3-11,13-14H,2,12H2,1H3. The SMILES string of the molecule is CCOC(=O)c1cccc(-c2ccnc3cc(Cc4cccc(C(F)(F)F)c4)oc23)c1. The Morgan fingerprint density at radius 3 is 2.65 bits per heavy atom. The number of pyridine rings is 1. The number of nitrogens with zero attached hydrogens (tertiary/aromatic N) is 1. The van der Waals surface area contributed by atoms with E-state index in [1.54, 1.807) is 49.5 Å². The van der Waals surface area contributed by atoms with E-state index < -0.39 is 17.7 Å². The summed E-state index contributed by atoms with van der Waals surface area (Å²) in [4.78, 5) is 16.4. The van der Waals surface area contributed by atoms with Gasteiger partial charge in [-0.15, -0.1) is 0 Å². The second-order valence-electron chi connectivity index (χ2n) is 6.96. The van der Waals surface area contributed by atoms with Gasteiger partial charge in [0.1, 0.15) is 11.3 Å². The zero-order chi connectivity index (χ0) is 22.0. The smallest absolute Gasteiger partial charge is 0.416 e. The van der Waals surface area contributed by atoms with E-state index >= 15 is 0 Å². The Hall–Kier alpha value is -3.61. The quantitative estimate of drug-likeness (QED) is 0.353. The van der Waals surface area contributed by atoms with Gasteiger partial charge in [0, 0.05) is 24.2 Å². The van der Waals surface area contributed by atoms with E-state index in [2.05, 4.69) is 4.98 Å². The van der Waals surface area contributed by atoms with Crippen LogP contribution in [0.5, 0.6) is 0 Å². The molecule has 158 valence electrons. The number of hydrogen-bond acceptors (Lipinski definition) is 4. The molecule has 2 aromatic heterocycles. The monoisotopic (exact) mass is 425 g/mol. The Morgan fingerprint density at radius 1 is 1.06 bits per heavy atom. The largest absolute Gasteiger partial charge is 0.462 e. The molecule has 2 aromatic carbocycles. The highest BCUT2D eigenvalue weighted by molar-refractivity contribution is 5.94. The number of carbonyl (C=O) groups is 1. The maximum atomic E-state index is 13.0. The maximum absolute atomic E-state index is 13.0. The molecule has 0 unspecified atom stereocenters. The third-order valence-corrected chi connectivity index (χ3v) is 4.78. The molecule has 31 heavy (non-hydrogen) atoms. The molecule has 4 aromatic rings. The van der Waals surface area contributed by atoms with Gasteiger partial charge in [0.2, 0.25) is 0 Å². The third-order valence-electron chi connectivity index (χ3n) is 4.78. The summed E-state index contributed by atoms with van der Waals surface area (Å²) in [5.74, 6) is 0.0788. The number of rotatable bonds is 5. The van der Waals surface area contributed by atoms with Crippen molar-refractivity contribution >= 4 is 17.1 Å². The number of fused-ring (bicyclic) bond motifs is 1. The average molecular weight is 425 g/mol. The van der Waals surface area contributed by atoms with Gasteiger partial charge >= 0.3 is 12.1 Å². The second-order valence-corrected chi connectivity index (χ2v) is 6.96. The predicted molar refractivity (Wildman–Crippen MR) is 110 cm³/mol. The first-order valence-electron chi connectivity index (χ1n) is 9.66. The Kier molecular flexibility index (Phi) is 5.50. The highest BCUT2D eigenvalue weighted by atomic mass is 19.4. The fourth-order valence-corrected chi connectivity index (χ4v) is 3.39. The summed E-state index contributed by atoms with van der Waals surface area (Å²) in [6, 6.07) is 15.6. The zero-order valence-corrected chi connectivity index (χ0v) is 16.6. The highest BCUT2D eigenvalue weighted by Gasteiger charge is 2.30. The number of halogens is 3. The molecule has 0 aliphatic rings. The number of ether oxygens (including phenoxy) is 1. The molecule has 0 amide bonds. The molecular weight excluding hydrogens is 407 g/mol. The van der Waals surface area contributed by atoms with Gasteiger partial charge in [0.15, 0.2) is 5.58 Å². The van der Waals surface area contributed by atoms with Crippen LogP contribution in [0.15, 0.2) is 71.3 Å². The Bertz CT molecular complexity index is 1240. The zero-order valence-electron chi connectivity index (χ0n) is 16.6. The fraction of sp³-hybridized carbons (Fsp3) is 0.167. The topological polar surface area (TPSA) is 52.3 Å². The lowest BCUT2D eigenvalue weighted by Gasteiger charge is -2.08. The number of furan rings is 1. The van der Waals surface area contributed by atoms with Gasteiger partial charge in [-0.05, 0) is 42.3 Å². The van der Waals surface area contributed by atoms with Crippen molar-refractivity contribution in [3.8, 4) is 11.1 Å². The van der Waals surface area contributed by atoms with E-state index in [0.717, 1.165) is 23.3 Å². The minimum absolute atomic E-state index is 0.197. The fourth-order valence-electron chi connectivity index (χ4n) is 3.39. The van der Waals surface area contributed by atoms with Crippen LogP contribution < -0.4 is 0 Å². The molecule has 0 saturated carbocycles. The number of hydrogen-bond donors (Lipinski definition) is 0. The van der Waals surface area contributed by atoms with E-state index in [1.165, 1.54) is 6.07 Å². The van der Waals surface area contributed by atoms with Crippen LogP contribution in [-0.2, 0) is 17.3 Å². The van der Waals surface area contributed by atoms with Crippen molar-refractivity contribution in [3.05, 3.63) is 89.3 Å². The summed E-state index contributed by atoms with van der Waals surface area (Å²) in [7, 11) is 0. The van der Waals surface area contributed by atoms with Crippen LogP contribution in [0.2, 0.25) is 0 Å². The predicted octanol–water partition coefficient (Wildman–Crippen LogP) is 6.28. The molecule has 0 fully saturated rings. The number of carbonyl (C=O) groups excluding carboxylic acids is 1. The lowest BCUT2D eigenvalue weighted by atomic mass is 10.0. The minimum atomic E-state index is -4.40. The van der Waals surface area contributed by atoms with Crippen LogP contribution in [-0.4, -0.2) is 17.6 Å². The molecule has 0 saturated heterocycles. The van der Waals surface area contributed by atoms with Crippen LogP contribution in [0, 0.1) is 0 Å². The van der Waals surface area contributed by atoms with Crippen LogP contribution in [0.3, 0.4) is 0 Å². The molecule has 0 aliphatic carbocycles. The number of benzene rings is 2. The normalized spacial score (nSPS) is 11.6. The summed E-state index contributed by atoms with van der Waals surface area (Å²) in [5, 5.41) is 0. The summed E-state index contributed by atoms with van der Waals surface area (Å²) in [5.41, 5.74) is 2.77. The Labute approximate surface area is 176 Å². The summed E-state index contributed by atoms with van der Waals surface area (Å²) in [6.07, 6.45) is -2.58. The first-order valence-corrected chi connectivity index (χ1v) is 9.66. The second kappa shape index (κ2) is 8.26. The molecule has 0 radical (unpaired) electrons. The number of esters is 1. The lowest BCUT2D eigenvalue weighted by molar-refractivity contribution is -0.137. The van der Waals surface area contributed by atoms with Gasteiger partial charge in [-0.2, -0.15) is 13.2 Å². The molecule has 0 aliphatic heterocycles. The molecular formula is C24H18F3NO3. The van der Waals surface area contributed by atoms with Gasteiger partial charge < -0.3 is 9.15 Å². The average Bonchev–Trinajstić information content (AvgIpc) is 3.16. The van der Waals surface area contributed by atoms with Gasteiger partial charge in [0.05, 0.1) is 17.7 Å². The first-order chi connectivity index (χ1) is 14.8. The molecule has 0 spiro atoms. The van der Waals surface area contributed by atoms with E-state index in [-0.39, 0.29) is 13.0 Å². The van der Waals surface area contributed by atoms with Crippen molar-refractivity contribution in [2.24, 2.45) is 0 Å². The Morgan fingerprint density at radius 2 is 1.87 bits per heavy atom. The summed E-state index contributed by atoms with van der Waals surface area (Å²) >= 11 is 0. The molecule has 2 heterocycles. The molecule has 7 heteroatoms. The van der Waals surface area contributed by atoms with Gasteiger partial charge in [0.25, 0.3) is 0 Å². The summed E-state index contributed by atoms with van der Waals surface area (Å²) in [6.45, 7) is 2.02. The molecule has 0 bridgehead atoms. The van der Waals surface area contributed by atoms with Crippen molar-refractivity contribution in [1.82, 2.24) is 4.98 Å². The lowest BCUT2D eigenvalue weighted by Crippen LogP contribution is -2.05. The van der Waals surface area contributed by atoms with E-state index in [4.69, 9.17) is 9.15 Å². The molecule has 0 N–H and O–H groups in total. The van der Waals surface area contributed by atoms with Crippen molar-refractivity contribution in [1.29, 1.82) is 0 Å². The van der Waals surface area contributed by atoms with Crippen molar-refractivity contribution < 1.29 is 27.1 Å². The Balaban J connectivity index is 1.69. The molecule has 4 rings (SSSR count). The molecule has 0 atom stereocenters. The third kappa shape index (κ3) is 4.45. The van der Waals surface area contributed by atoms with E-state index in [1.807, 2.05) is 6.07 Å². The van der Waals surface area contributed by atoms with Crippen molar-refractivity contribution in [2.45, 2.75) is 19.5 Å². The summed E-state index contributed by atoms with van der Waals surface area (Å²) < 4.78 is 50.0. The van der Waals surface area contributed by atoms with E-state index in [9.17, 15) is 18.0 Å². The van der Waals surface area contributed by atoms with Crippen molar-refractivity contribution in [2.75, 3.05) is 6.61 Å². The first kappa shape index (κ1) is 20.7. The van der Waals surface area contributed by atoms with E-state index in [0.29, 0.717) is 28.0 Å². The maximum Gasteiger partial charge on any atom is 0.416 e. The van der Waals surface area contributed by atoms with Crippen LogP contribution >= 0.6 is 0 Å². The van der Waals surface area contributed by atoms with Gasteiger partial charge in [-0.3, -0.25) is 4.98 Å².